The predicted molar refractivity (Wildman–Crippen MR) is 115 cm³/mol. The van der Waals surface area contributed by atoms with E-state index < -0.39 is 0 Å². The molecule has 0 spiro atoms. The molecule has 2 aliphatic rings. The second-order valence-electron chi connectivity index (χ2n) is 7.80. The summed E-state index contributed by atoms with van der Waals surface area (Å²) in [7, 11) is 0. The fourth-order valence-electron chi connectivity index (χ4n) is 4.26. The van der Waals surface area contributed by atoms with E-state index in [1.165, 1.54) is 19.3 Å². The Hall–Kier alpha value is -1.30. The lowest BCUT2D eigenvalue weighted by Gasteiger charge is -2.48. The Labute approximate surface area is 175 Å². The van der Waals surface area contributed by atoms with E-state index in [1.807, 2.05) is 24.3 Å². The molecule has 1 aliphatic carbocycles. The van der Waals surface area contributed by atoms with Crippen molar-refractivity contribution in [2.24, 2.45) is 0 Å². The van der Waals surface area contributed by atoms with Crippen LogP contribution in [0.3, 0.4) is 0 Å². The van der Waals surface area contributed by atoms with Crippen LogP contribution >= 0.6 is 12.4 Å². The minimum atomic E-state index is -0.00542. The van der Waals surface area contributed by atoms with Gasteiger partial charge in [-0.15, -0.1) is 12.4 Å². The van der Waals surface area contributed by atoms with Crippen LogP contribution in [0.5, 0.6) is 5.75 Å². The molecule has 1 aliphatic heterocycles. The van der Waals surface area contributed by atoms with E-state index in [0.717, 1.165) is 57.7 Å². The van der Waals surface area contributed by atoms with Crippen LogP contribution in [-0.4, -0.2) is 55.8 Å². The van der Waals surface area contributed by atoms with E-state index in [2.05, 4.69) is 17.1 Å². The molecule has 0 bridgehead atoms. The van der Waals surface area contributed by atoms with Crippen molar-refractivity contribution in [1.29, 1.82) is 0 Å². The molecule has 1 heterocycles. The molecule has 3 rings (SSSR count). The number of nitrogens with one attached hydrogen (secondary N) is 1. The van der Waals surface area contributed by atoms with Gasteiger partial charge in [-0.3, -0.25) is 9.69 Å². The summed E-state index contributed by atoms with van der Waals surface area (Å²) in [5.41, 5.74) is 0.768. The Morgan fingerprint density at radius 1 is 1.21 bits per heavy atom. The van der Waals surface area contributed by atoms with Gasteiger partial charge in [0.15, 0.2) is 0 Å². The number of carbonyl (C=O) groups is 1. The van der Waals surface area contributed by atoms with E-state index >= 15 is 0 Å². The normalized spacial score (nSPS) is 19.5. The lowest BCUT2D eigenvalue weighted by molar-refractivity contribution is -0.0361. The highest BCUT2D eigenvalue weighted by Crippen LogP contribution is 2.34. The van der Waals surface area contributed by atoms with Crippen LogP contribution in [0.25, 0.3) is 0 Å². The zero-order valence-electron chi connectivity index (χ0n) is 17.1. The monoisotopic (exact) mass is 410 g/mol. The second-order valence-corrected chi connectivity index (χ2v) is 7.80. The van der Waals surface area contributed by atoms with Crippen molar-refractivity contribution in [2.45, 2.75) is 57.4 Å². The molecule has 0 aromatic heterocycles. The number of halogens is 1. The number of amides is 1. The summed E-state index contributed by atoms with van der Waals surface area (Å²) in [6, 6.07) is 7.54. The SMILES string of the molecule is CCCCOc1cccc(C(=O)NCC2(N3CCOCC3)CCCCC2)c1.Cl. The van der Waals surface area contributed by atoms with Crippen molar-refractivity contribution in [1.82, 2.24) is 10.2 Å². The molecular formula is C22H35ClN2O3. The molecule has 2 fully saturated rings. The van der Waals surface area contributed by atoms with E-state index in [-0.39, 0.29) is 23.9 Å². The van der Waals surface area contributed by atoms with Crippen LogP contribution in [0, 0.1) is 0 Å². The molecule has 0 unspecified atom stereocenters. The molecule has 0 atom stereocenters. The Bertz CT molecular complexity index is 599. The van der Waals surface area contributed by atoms with Crippen molar-refractivity contribution in [2.75, 3.05) is 39.5 Å². The summed E-state index contributed by atoms with van der Waals surface area (Å²) in [4.78, 5) is 15.3. The molecule has 1 saturated heterocycles. The maximum Gasteiger partial charge on any atom is 0.251 e. The lowest BCUT2D eigenvalue weighted by atomic mass is 9.79. The summed E-state index contributed by atoms with van der Waals surface area (Å²) >= 11 is 0. The Morgan fingerprint density at radius 2 is 1.96 bits per heavy atom. The molecule has 5 nitrogen and oxygen atoms in total. The molecule has 1 aromatic carbocycles. The zero-order chi connectivity index (χ0) is 19.0. The summed E-state index contributed by atoms with van der Waals surface area (Å²) in [6.07, 6.45) is 8.24. The minimum absolute atomic E-state index is 0. The van der Waals surface area contributed by atoms with Gasteiger partial charge in [0.05, 0.1) is 19.8 Å². The van der Waals surface area contributed by atoms with Crippen molar-refractivity contribution >= 4 is 18.3 Å². The summed E-state index contributed by atoms with van der Waals surface area (Å²) in [6.45, 7) is 7.09. The molecule has 1 amide bonds. The lowest BCUT2D eigenvalue weighted by Crippen LogP contribution is -2.59. The van der Waals surface area contributed by atoms with Crippen LogP contribution < -0.4 is 10.1 Å². The van der Waals surface area contributed by atoms with Crippen LogP contribution in [-0.2, 0) is 4.74 Å². The van der Waals surface area contributed by atoms with Gasteiger partial charge in [0.25, 0.3) is 5.91 Å². The van der Waals surface area contributed by atoms with Crippen molar-refractivity contribution < 1.29 is 14.3 Å². The fourth-order valence-corrected chi connectivity index (χ4v) is 4.26. The Morgan fingerprint density at radius 3 is 2.68 bits per heavy atom. The number of hydrogen-bond donors (Lipinski definition) is 1. The van der Waals surface area contributed by atoms with Crippen molar-refractivity contribution in [3.8, 4) is 5.75 Å². The van der Waals surface area contributed by atoms with Crippen LogP contribution in [0.15, 0.2) is 24.3 Å². The van der Waals surface area contributed by atoms with E-state index in [4.69, 9.17) is 9.47 Å². The first-order valence-electron chi connectivity index (χ1n) is 10.6. The number of morpholine rings is 1. The van der Waals surface area contributed by atoms with Crippen LogP contribution in [0.1, 0.15) is 62.2 Å². The third-order valence-electron chi connectivity index (χ3n) is 5.91. The zero-order valence-corrected chi connectivity index (χ0v) is 17.9. The number of carbonyl (C=O) groups excluding carboxylic acids is 1. The maximum atomic E-state index is 12.8. The number of benzene rings is 1. The summed E-state index contributed by atoms with van der Waals surface area (Å²) in [5.74, 6) is 0.769. The first-order chi connectivity index (χ1) is 13.2. The topological polar surface area (TPSA) is 50.8 Å². The van der Waals surface area contributed by atoms with Gasteiger partial charge in [0, 0.05) is 30.7 Å². The first kappa shape index (κ1) is 23.0. The number of ether oxygens (including phenoxy) is 2. The maximum absolute atomic E-state index is 12.8. The second kappa shape index (κ2) is 11.6. The number of nitrogens with zero attached hydrogens (tertiary/aromatic N) is 1. The fraction of sp³-hybridized carbons (Fsp3) is 0.682. The summed E-state index contributed by atoms with van der Waals surface area (Å²) in [5, 5.41) is 3.22. The van der Waals surface area contributed by atoms with Gasteiger partial charge in [0.1, 0.15) is 5.75 Å². The van der Waals surface area contributed by atoms with Crippen LogP contribution in [0.4, 0.5) is 0 Å². The molecule has 28 heavy (non-hydrogen) atoms. The molecular weight excluding hydrogens is 376 g/mol. The van der Waals surface area contributed by atoms with Crippen molar-refractivity contribution in [3.63, 3.8) is 0 Å². The molecule has 1 N–H and O–H groups in total. The van der Waals surface area contributed by atoms with Gasteiger partial charge >= 0.3 is 0 Å². The van der Waals surface area contributed by atoms with Gasteiger partial charge in [-0.25, -0.2) is 0 Å². The number of hydrogen-bond acceptors (Lipinski definition) is 4. The average molecular weight is 411 g/mol. The number of rotatable bonds is 8. The third-order valence-corrected chi connectivity index (χ3v) is 5.91. The van der Waals surface area contributed by atoms with E-state index in [0.29, 0.717) is 18.7 Å². The standard InChI is InChI=1S/C22H34N2O3.ClH/c1-2-3-14-27-20-9-7-8-19(17-20)21(25)23-18-22(10-5-4-6-11-22)24-12-15-26-16-13-24;/h7-9,17H,2-6,10-16,18H2,1H3,(H,23,25);1H. The molecule has 158 valence electrons. The third kappa shape index (κ3) is 6.10. The molecule has 0 radical (unpaired) electrons. The number of unbranched alkanes of at least 4 members (excludes halogenated alkanes) is 1. The molecule has 1 saturated carbocycles. The van der Waals surface area contributed by atoms with Gasteiger partial charge < -0.3 is 14.8 Å². The van der Waals surface area contributed by atoms with Gasteiger partial charge in [0.2, 0.25) is 0 Å². The van der Waals surface area contributed by atoms with E-state index in [1.54, 1.807) is 0 Å². The highest BCUT2D eigenvalue weighted by molar-refractivity contribution is 5.94. The minimum Gasteiger partial charge on any atom is -0.494 e. The predicted octanol–water partition coefficient (Wildman–Crippen LogP) is 4.05. The quantitative estimate of drug-likeness (QED) is 0.657. The van der Waals surface area contributed by atoms with Crippen LogP contribution in [0.2, 0.25) is 0 Å². The highest BCUT2D eigenvalue weighted by atomic mass is 35.5. The molecule has 6 heteroatoms. The average Bonchev–Trinajstić information content (AvgIpc) is 2.74. The largest absolute Gasteiger partial charge is 0.494 e. The van der Waals surface area contributed by atoms with Gasteiger partial charge in [-0.1, -0.05) is 38.7 Å². The smallest absolute Gasteiger partial charge is 0.251 e. The van der Waals surface area contributed by atoms with E-state index in [9.17, 15) is 4.79 Å². The highest BCUT2D eigenvalue weighted by Gasteiger charge is 2.38. The van der Waals surface area contributed by atoms with Gasteiger partial charge in [-0.05, 0) is 37.5 Å². The first-order valence-corrected chi connectivity index (χ1v) is 10.6. The van der Waals surface area contributed by atoms with Gasteiger partial charge in [-0.2, -0.15) is 0 Å². The van der Waals surface area contributed by atoms with Crippen molar-refractivity contribution in [3.05, 3.63) is 29.8 Å². The Kier molecular flexibility index (Phi) is 9.56. The summed E-state index contributed by atoms with van der Waals surface area (Å²) < 4.78 is 11.3. The molecule has 1 aromatic rings. The Balaban J connectivity index is 0.00000280.